The van der Waals surface area contributed by atoms with Gasteiger partial charge in [0, 0.05) is 25.0 Å². The van der Waals surface area contributed by atoms with E-state index in [0.29, 0.717) is 37.7 Å². The van der Waals surface area contributed by atoms with Crippen molar-refractivity contribution in [2.45, 2.75) is 65.4 Å². The molecule has 158 valence electrons. The van der Waals surface area contributed by atoms with Gasteiger partial charge in [0.1, 0.15) is 12.4 Å². The van der Waals surface area contributed by atoms with Gasteiger partial charge in [0.2, 0.25) is 0 Å². The first-order valence-electron chi connectivity index (χ1n) is 10.8. The molecule has 3 aliphatic rings. The molecule has 4 unspecified atom stereocenters. The highest BCUT2D eigenvalue weighted by Gasteiger charge is 2.59. The van der Waals surface area contributed by atoms with Crippen LogP contribution in [0.15, 0.2) is 11.6 Å². The molecule has 0 spiro atoms. The predicted octanol–water partition coefficient (Wildman–Crippen LogP) is 3.21. The van der Waals surface area contributed by atoms with Gasteiger partial charge in [-0.1, -0.05) is 26.3 Å². The van der Waals surface area contributed by atoms with E-state index in [2.05, 4.69) is 20.8 Å². The number of fused-ring (bicyclic) bond motifs is 3. The topological polar surface area (TPSA) is 66.8 Å². The van der Waals surface area contributed by atoms with Crippen molar-refractivity contribution < 1.29 is 19.4 Å². The number of aliphatic hydroxyl groups excluding tert-OH is 1. The highest BCUT2D eigenvalue weighted by molar-refractivity contribution is 5.85. The number of likely N-dealkylation sites (N-methyl/N-ethyl adjacent to an activating group) is 1. The third-order valence-corrected chi connectivity index (χ3v) is 8.02. The van der Waals surface area contributed by atoms with Gasteiger partial charge in [-0.2, -0.15) is 0 Å². The van der Waals surface area contributed by atoms with Gasteiger partial charge < -0.3 is 14.7 Å². The molecular weight excluding hydrogens is 354 g/mol. The summed E-state index contributed by atoms with van der Waals surface area (Å²) in [5.74, 6) is 0.638. The van der Waals surface area contributed by atoms with Crippen LogP contribution in [-0.2, 0) is 14.3 Å². The van der Waals surface area contributed by atoms with Crippen LogP contribution in [0.1, 0.15) is 59.3 Å². The van der Waals surface area contributed by atoms with Crippen molar-refractivity contribution in [1.29, 1.82) is 0 Å². The molecule has 5 heteroatoms. The van der Waals surface area contributed by atoms with Crippen LogP contribution in [0.5, 0.6) is 0 Å². The zero-order valence-corrected chi connectivity index (χ0v) is 18.2. The van der Waals surface area contributed by atoms with Crippen molar-refractivity contribution in [2.75, 3.05) is 27.2 Å². The summed E-state index contributed by atoms with van der Waals surface area (Å²) in [6.07, 6.45) is 6.17. The second-order valence-corrected chi connectivity index (χ2v) is 10.3. The van der Waals surface area contributed by atoms with Gasteiger partial charge in [-0.3, -0.25) is 4.79 Å². The van der Waals surface area contributed by atoms with Gasteiger partial charge in [0.15, 0.2) is 0 Å². The minimum atomic E-state index is -0.328. The fourth-order valence-electron chi connectivity index (χ4n) is 6.23. The summed E-state index contributed by atoms with van der Waals surface area (Å²) in [6.45, 7) is 7.70. The van der Waals surface area contributed by atoms with E-state index in [1.165, 1.54) is 0 Å². The standard InChI is InChI=1S/C23H37NO4/c1-22(2)19-14-18(25)16-12-15(13-21(27)28-11-10-24(4)5)6-7-17(16)23(19,3)9-8-20(22)26/h13,16-17,19-20,26H,6-12,14H2,1-5H3/b15-13+/t16-,17?,19?,20?,23?/m0/s1. The lowest BCUT2D eigenvalue weighted by Gasteiger charge is -2.61. The number of nitrogens with zero attached hydrogens (tertiary/aromatic N) is 1. The molecule has 3 saturated carbocycles. The Bertz CT molecular complexity index is 653. The first-order valence-corrected chi connectivity index (χ1v) is 10.8. The number of allylic oxidation sites excluding steroid dienone is 1. The number of hydrogen-bond donors (Lipinski definition) is 1. The Labute approximate surface area is 169 Å². The normalized spacial score (nSPS) is 38.8. The second kappa shape index (κ2) is 7.91. The number of carbonyl (C=O) groups excluding carboxylic acids is 2. The first-order chi connectivity index (χ1) is 13.1. The van der Waals surface area contributed by atoms with Crippen molar-refractivity contribution in [1.82, 2.24) is 4.90 Å². The van der Waals surface area contributed by atoms with Crippen LogP contribution in [0.25, 0.3) is 0 Å². The van der Waals surface area contributed by atoms with Crippen molar-refractivity contribution in [2.24, 2.45) is 28.6 Å². The molecule has 0 aliphatic heterocycles. The lowest BCUT2D eigenvalue weighted by Crippen LogP contribution is -2.59. The van der Waals surface area contributed by atoms with Crippen LogP contribution in [-0.4, -0.2) is 55.1 Å². The molecule has 3 fully saturated rings. The Balaban J connectivity index is 1.71. The molecule has 0 aromatic heterocycles. The molecule has 0 bridgehead atoms. The lowest BCUT2D eigenvalue weighted by atomic mass is 9.43. The van der Waals surface area contributed by atoms with Crippen LogP contribution in [0.3, 0.4) is 0 Å². The molecule has 3 aliphatic carbocycles. The van der Waals surface area contributed by atoms with Crippen molar-refractivity contribution >= 4 is 11.8 Å². The zero-order chi connectivity index (χ0) is 20.7. The van der Waals surface area contributed by atoms with Gasteiger partial charge in [0.05, 0.1) is 6.10 Å². The number of ketones is 1. The van der Waals surface area contributed by atoms with Gasteiger partial charge in [-0.25, -0.2) is 4.79 Å². The number of hydrogen-bond acceptors (Lipinski definition) is 5. The van der Waals surface area contributed by atoms with Crippen LogP contribution in [0, 0.1) is 28.6 Å². The minimum Gasteiger partial charge on any atom is -0.461 e. The molecule has 3 rings (SSSR count). The van der Waals surface area contributed by atoms with Crippen molar-refractivity contribution in [3.05, 3.63) is 11.6 Å². The average molecular weight is 392 g/mol. The maximum atomic E-state index is 13.1. The Hall–Kier alpha value is -1.20. The third-order valence-electron chi connectivity index (χ3n) is 8.02. The fraction of sp³-hybridized carbons (Fsp3) is 0.826. The molecule has 0 heterocycles. The van der Waals surface area contributed by atoms with Crippen LogP contribution in [0.4, 0.5) is 0 Å². The van der Waals surface area contributed by atoms with Gasteiger partial charge >= 0.3 is 5.97 Å². The first kappa shape index (κ1) is 21.5. The SMILES string of the molecule is CN(C)CCOC(=O)/C=C1\CCC2[C@H](C1)C(=O)CC1C(C)(C)C(O)CCC21C. The van der Waals surface area contributed by atoms with Gasteiger partial charge in [-0.15, -0.1) is 0 Å². The summed E-state index contributed by atoms with van der Waals surface area (Å²) in [4.78, 5) is 27.2. The monoisotopic (exact) mass is 391 g/mol. The Morgan fingerprint density at radius 3 is 2.64 bits per heavy atom. The summed E-state index contributed by atoms with van der Waals surface area (Å²) < 4.78 is 5.29. The summed E-state index contributed by atoms with van der Waals surface area (Å²) in [7, 11) is 3.89. The Morgan fingerprint density at radius 2 is 1.96 bits per heavy atom. The number of ether oxygens (including phenoxy) is 1. The zero-order valence-electron chi connectivity index (χ0n) is 18.2. The molecule has 28 heavy (non-hydrogen) atoms. The van der Waals surface area contributed by atoms with E-state index in [0.717, 1.165) is 31.3 Å². The van der Waals surface area contributed by atoms with E-state index >= 15 is 0 Å². The summed E-state index contributed by atoms with van der Waals surface area (Å²) in [5, 5.41) is 10.5. The van der Waals surface area contributed by atoms with E-state index in [1.807, 2.05) is 19.0 Å². The molecule has 0 saturated heterocycles. The predicted molar refractivity (Wildman–Crippen MR) is 109 cm³/mol. The smallest absolute Gasteiger partial charge is 0.330 e. The Morgan fingerprint density at radius 1 is 1.25 bits per heavy atom. The number of carbonyl (C=O) groups is 2. The van der Waals surface area contributed by atoms with Crippen molar-refractivity contribution in [3.63, 3.8) is 0 Å². The summed E-state index contributed by atoms with van der Waals surface area (Å²) >= 11 is 0. The van der Waals surface area contributed by atoms with Crippen LogP contribution in [0.2, 0.25) is 0 Å². The van der Waals surface area contributed by atoms with Crippen LogP contribution >= 0.6 is 0 Å². The maximum Gasteiger partial charge on any atom is 0.330 e. The molecule has 1 N–H and O–H groups in total. The van der Waals surface area contributed by atoms with Gasteiger partial charge in [0.25, 0.3) is 0 Å². The largest absolute Gasteiger partial charge is 0.461 e. The fourth-order valence-corrected chi connectivity index (χ4v) is 6.23. The Kier molecular flexibility index (Phi) is 6.07. The average Bonchev–Trinajstić information content (AvgIpc) is 2.61. The molecule has 5 atom stereocenters. The summed E-state index contributed by atoms with van der Waals surface area (Å²) in [5.41, 5.74) is 0.931. The number of esters is 1. The van der Waals surface area contributed by atoms with Crippen LogP contribution < -0.4 is 0 Å². The number of aliphatic hydroxyl groups is 1. The number of rotatable bonds is 4. The van der Waals surface area contributed by atoms with E-state index < -0.39 is 0 Å². The molecule has 5 nitrogen and oxygen atoms in total. The molecule has 0 aromatic rings. The molecule has 0 amide bonds. The second-order valence-electron chi connectivity index (χ2n) is 10.3. The van der Waals surface area contributed by atoms with E-state index in [4.69, 9.17) is 4.74 Å². The van der Waals surface area contributed by atoms with Crippen molar-refractivity contribution in [3.8, 4) is 0 Å². The summed E-state index contributed by atoms with van der Waals surface area (Å²) in [6, 6.07) is 0. The molecule has 0 radical (unpaired) electrons. The van der Waals surface area contributed by atoms with E-state index in [1.54, 1.807) is 6.08 Å². The van der Waals surface area contributed by atoms with E-state index in [9.17, 15) is 14.7 Å². The molecular formula is C23H37NO4. The lowest BCUT2D eigenvalue weighted by molar-refractivity contribution is -0.168. The number of Topliss-reactive ketones (excluding diaryl/α,β-unsaturated/α-hetero) is 1. The quantitative estimate of drug-likeness (QED) is 0.589. The highest BCUT2D eigenvalue weighted by atomic mass is 16.5. The van der Waals surface area contributed by atoms with Gasteiger partial charge in [-0.05, 0) is 68.9 Å². The van der Waals surface area contributed by atoms with E-state index in [-0.39, 0.29) is 34.7 Å². The minimum absolute atomic E-state index is 0.0156. The highest BCUT2D eigenvalue weighted by Crippen LogP contribution is 2.63. The maximum absolute atomic E-state index is 13.1. The third kappa shape index (κ3) is 3.93. The molecule has 0 aromatic carbocycles.